The number of fused-ring (bicyclic) bond motifs is 2. The number of carbonyl (C=O) groups is 1. The molecule has 90 valence electrons. The molecule has 1 aromatic rings. The van der Waals surface area contributed by atoms with Gasteiger partial charge in [-0.15, -0.1) is 0 Å². The summed E-state index contributed by atoms with van der Waals surface area (Å²) in [5.41, 5.74) is 1.60. The number of amides is 1. The summed E-state index contributed by atoms with van der Waals surface area (Å²) in [7, 11) is 0. The minimum Gasteiger partial charge on any atom is -0.333 e. The van der Waals surface area contributed by atoms with E-state index in [4.69, 9.17) is 23.2 Å². The standard InChI is InChI=1S/C12H12Cl2N2O/c13-9-2-1-7-5-8-6-15-3-4-16(8)12(17)10(7)11(9)14/h1-2,8,15H,3-6H2/t8-/m1/s1. The molecular formula is C12H12Cl2N2O. The minimum atomic E-state index is 0.0188. The molecular weight excluding hydrogens is 259 g/mol. The zero-order valence-corrected chi connectivity index (χ0v) is 10.7. The first-order valence-electron chi connectivity index (χ1n) is 5.67. The van der Waals surface area contributed by atoms with E-state index in [1.165, 1.54) is 0 Å². The molecule has 1 N–H and O–H groups in total. The Labute approximate surface area is 110 Å². The van der Waals surface area contributed by atoms with Gasteiger partial charge in [0.15, 0.2) is 0 Å². The van der Waals surface area contributed by atoms with Gasteiger partial charge >= 0.3 is 0 Å². The highest BCUT2D eigenvalue weighted by atomic mass is 35.5. The zero-order valence-electron chi connectivity index (χ0n) is 9.17. The number of hydrogen-bond donors (Lipinski definition) is 1. The fraction of sp³-hybridized carbons (Fsp3) is 0.417. The van der Waals surface area contributed by atoms with Crippen LogP contribution < -0.4 is 5.32 Å². The molecule has 17 heavy (non-hydrogen) atoms. The summed E-state index contributed by atoms with van der Waals surface area (Å²) in [6.45, 7) is 2.44. The fourth-order valence-electron chi connectivity index (χ4n) is 2.60. The van der Waals surface area contributed by atoms with E-state index in [9.17, 15) is 4.79 Å². The topological polar surface area (TPSA) is 32.3 Å². The lowest BCUT2D eigenvalue weighted by molar-refractivity contribution is 0.0607. The normalized spacial score (nSPS) is 23.3. The van der Waals surface area contributed by atoms with E-state index in [1.807, 2.05) is 11.0 Å². The lowest BCUT2D eigenvalue weighted by Gasteiger charge is -2.40. The summed E-state index contributed by atoms with van der Waals surface area (Å²) in [6, 6.07) is 3.93. The Balaban J connectivity index is 2.10. The Bertz CT molecular complexity index is 490. The second-order valence-electron chi connectivity index (χ2n) is 4.46. The highest BCUT2D eigenvalue weighted by molar-refractivity contribution is 6.44. The van der Waals surface area contributed by atoms with Gasteiger partial charge in [0, 0.05) is 25.7 Å². The van der Waals surface area contributed by atoms with Gasteiger partial charge < -0.3 is 10.2 Å². The summed E-state index contributed by atoms with van der Waals surface area (Å²) in [6.07, 6.45) is 0.852. The molecule has 1 aromatic carbocycles. The fourth-order valence-corrected chi connectivity index (χ4v) is 3.02. The van der Waals surface area contributed by atoms with Crippen molar-refractivity contribution in [1.29, 1.82) is 0 Å². The van der Waals surface area contributed by atoms with Crippen LogP contribution in [0.4, 0.5) is 0 Å². The van der Waals surface area contributed by atoms with E-state index in [0.29, 0.717) is 15.6 Å². The molecule has 0 radical (unpaired) electrons. The Morgan fingerprint density at radius 2 is 2.18 bits per heavy atom. The first kappa shape index (κ1) is 11.3. The highest BCUT2D eigenvalue weighted by Crippen LogP contribution is 2.34. The smallest absolute Gasteiger partial charge is 0.256 e. The van der Waals surface area contributed by atoms with Crippen molar-refractivity contribution in [2.45, 2.75) is 12.5 Å². The molecule has 2 aliphatic rings. The maximum Gasteiger partial charge on any atom is 0.256 e. The second-order valence-corrected chi connectivity index (χ2v) is 5.24. The van der Waals surface area contributed by atoms with E-state index >= 15 is 0 Å². The molecule has 5 heteroatoms. The van der Waals surface area contributed by atoms with Crippen molar-refractivity contribution < 1.29 is 4.79 Å². The first-order chi connectivity index (χ1) is 8.18. The summed E-state index contributed by atoms with van der Waals surface area (Å²) >= 11 is 12.1. The average molecular weight is 271 g/mol. The van der Waals surface area contributed by atoms with Gasteiger partial charge in [0.05, 0.1) is 15.6 Å². The van der Waals surface area contributed by atoms with Crippen LogP contribution in [-0.2, 0) is 6.42 Å². The molecule has 0 unspecified atom stereocenters. The summed E-state index contributed by atoms with van der Waals surface area (Å²) < 4.78 is 0. The molecule has 1 amide bonds. The van der Waals surface area contributed by atoms with Crippen molar-refractivity contribution in [2.24, 2.45) is 0 Å². The second kappa shape index (κ2) is 4.16. The van der Waals surface area contributed by atoms with Gasteiger partial charge in [-0.25, -0.2) is 0 Å². The Morgan fingerprint density at radius 1 is 1.35 bits per heavy atom. The van der Waals surface area contributed by atoms with Crippen molar-refractivity contribution in [3.8, 4) is 0 Å². The van der Waals surface area contributed by atoms with Crippen LogP contribution in [0.2, 0.25) is 10.0 Å². The van der Waals surface area contributed by atoms with E-state index in [-0.39, 0.29) is 11.9 Å². The van der Waals surface area contributed by atoms with Crippen LogP contribution in [0.15, 0.2) is 12.1 Å². The van der Waals surface area contributed by atoms with E-state index in [0.717, 1.165) is 31.6 Å². The Hall–Kier alpha value is -0.770. The molecule has 1 saturated heterocycles. The molecule has 3 nitrogen and oxygen atoms in total. The number of nitrogens with zero attached hydrogens (tertiary/aromatic N) is 1. The maximum absolute atomic E-state index is 12.4. The molecule has 0 aromatic heterocycles. The molecule has 3 rings (SSSR count). The average Bonchev–Trinajstić information content (AvgIpc) is 2.34. The molecule has 0 bridgehead atoms. The summed E-state index contributed by atoms with van der Waals surface area (Å²) in [5, 5.41) is 4.15. The van der Waals surface area contributed by atoms with Gasteiger partial charge in [-0.3, -0.25) is 4.79 Å². The Kier molecular flexibility index (Phi) is 2.77. The quantitative estimate of drug-likeness (QED) is 0.782. The number of nitrogens with one attached hydrogen (secondary N) is 1. The SMILES string of the molecule is O=C1c2c(ccc(Cl)c2Cl)C[C@@H]2CNCCN12. The number of carbonyl (C=O) groups excluding carboxylic acids is 1. The molecule has 2 heterocycles. The largest absolute Gasteiger partial charge is 0.333 e. The molecule has 1 atom stereocenters. The lowest BCUT2D eigenvalue weighted by Crippen LogP contribution is -2.56. The number of piperazine rings is 1. The van der Waals surface area contributed by atoms with Gasteiger partial charge in [0.2, 0.25) is 0 Å². The van der Waals surface area contributed by atoms with Crippen LogP contribution in [-0.4, -0.2) is 36.5 Å². The van der Waals surface area contributed by atoms with Crippen LogP contribution in [0.1, 0.15) is 15.9 Å². The minimum absolute atomic E-state index is 0.0188. The molecule has 0 aliphatic carbocycles. The van der Waals surface area contributed by atoms with Gasteiger partial charge in [0.1, 0.15) is 0 Å². The summed E-state index contributed by atoms with van der Waals surface area (Å²) in [4.78, 5) is 14.3. The molecule has 0 saturated carbocycles. The molecule has 2 aliphatic heterocycles. The maximum atomic E-state index is 12.4. The van der Waals surface area contributed by atoms with Crippen molar-refractivity contribution in [3.05, 3.63) is 33.3 Å². The van der Waals surface area contributed by atoms with E-state index < -0.39 is 0 Å². The van der Waals surface area contributed by atoms with E-state index in [1.54, 1.807) is 6.07 Å². The molecule has 1 fully saturated rings. The zero-order chi connectivity index (χ0) is 12.0. The van der Waals surface area contributed by atoms with Crippen molar-refractivity contribution in [2.75, 3.05) is 19.6 Å². The van der Waals surface area contributed by atoms with Crippen molar-refractivity contribution >= 4 is 29.1 Å². The summed E-state index contributed by atoms with van der Waals surface area (Å²) in [5.74, 6) is 0.0188. The van der Waals surface area contributed by atoms with E-state index in [2.05, 4.69) is 5.32 Å². The predicted molar refractivity (Wildman–Crippen MR) is 67.9 cm³/mol. The van der Waals surface area contributed by atoms with Crippen LogP contribution in [0, 0.1) is 0 Å². The van der Waals surface area contributed by atoms with Gasteiger partial charge in [-0.2, -0.15) is 0 Å². The highest BCUT2D eigenvalue weighted by Gasteiger charge is 2.35. The number of rotatable bonds is 0. The lowest BCUT2D eigenvalue weighted by atomic mass is 9.92. The third kappa shape index (κ3) is 1.73. The number of benzene rings is 1. The van der Waals surface area contributed by atoms with Crippen molar-refractivity contribution in [1.82, 2.24) is 10.2 Å². The Morgan fingerprint density at radius 3 is 3.00 bits per heavy atom. The van der Waals surface area contributed by atoms with Crippen LogP contribution in [0.25, 0.3) is 0 Å². The monoisotopic (exact) mass is 270 g/mol. The van der Waals surface area contributed by atoms with Gasteiger partial charge in [-0.1, -0.05) is 29.3 Å². The molecule has 0 spiro atoms. The van der Waals surface area contributed by atoms with Crippen molar-refractivity contribution in [3.63, 3.8) is 0 Å². The number of halogens is 2. The predicted octanol–water partition coefficient (Wildman–Crippen LogP) is 1.96. The third-order valence-electron chi connectivity index (χ3n) is 3.46. The van der Waals surface area contributed by atoms with Gasteiger partial charge in [0.25, 0.3) is 5.91 Å². The van der Waals surface area contributed by atoms with Crippen LogP contribution >= 0.6 is 23.2 Å². The van der Waals surface area contributed by atoms with Crippen LogP contribution in [0.3, 0.4) is 0 Å². The first-order valence-corrected chi connectivity index (χ1v) is 6.42. The van der Waals surface area contributed by atoms with Crippen LogP contribution in [0.5, 0.6) is 0 Å². The third-order valence-corrected chi connectivity index (χ3v) is 4.27. The van der Waals surface area contributed by atoms with Gasteiger partial charge in [-0.05, 0) is 18.1 Å². The number of hydrogen-bond acceptors (Lipinski definition) is 2.